The second kappa shape index (κ2) is 6.12. The molecule has 118 valence electrons. The van der Waals surface area contributed by atoms with Crippen molar-refractivity contribution in [3.8, 4) is 5.75 Å². The summed E-state index contributed by atoms with van der Waals surface area (Å²) in [5.74, 6) is -0.415. The monoisotopic (exact) mass is 310 g/mol. The summed E-state index contributed by atoms with van der Waals surface area (Å²) >= 11 is 0. The predicted molar refractivity (Wildman–Crippen MR) is 87.3 cm³/mol. The molecule has 0 aliphatic carbocycles. The Morgan fingerprint density at radius 2 is 1.83 bits per heavy atom. The molecule has 1 atom stereocenters. The minimum atomic E-state index is -1.56. The van der Waals surface area contributed by atoms with E-state index in [1.165, 1.54) is 6.92 Å². The molecule has 2 aromatic rings. The van der Waals surface area contributed by atoms with Crippen LogP contribution in [0.2, 0.25) is 0 Å². The summed E-state index contributed by atoms with van der Waals surface area (Å²) in [6.07, 6.45) is 0.695. The van der Waals surface area contributed by atoms with E-state index in [0.29, 0.717) is 24.4 Å². The van der Waals surface area contributed by atoms with Crippen molar-refractivity contribution in [2.45, 2.75) is 18.9 Å². The highest BCUT2D eigenvalue weighted by Gasteiger charge is 2.46. The second-order valence-corrected chi connectivity index (χ2v) is 5.58. The number of carbonyl (C=O) groups excluding carboxylic acids is 2. The zero-order valence-corrected chi connectivity index (χ0v) is 12.8. The van der Waals surface area contributed by atoms with E-state index < -0.39 is 17.4 Å². The van der Waals surface area contributed by atoms with Gasteiger partial charge in [-0.3, -0.25) is 9.59 Å². The van der Waals surface area contributed by atoms with Crippen LogP contribution >= 0.6 is 0 Å². The van der Waals surface area contributed by atoms with Gasteiger partial charge in [0.25, 0.3) is 17.4 Å². The van der Waals surface area contributed by atoms with E-state index >= 15 is 0 Å². The minimum absolute atomic E-state index is 0.441. The maximum Gasteiger partial charge on any atom is 0.278 e. The van der Waals surface area contributed by atoms with E-state index in [-0.39, 0.29) is 0 Å². The number of hydrogen-bond acceptors (Lipinski definition) is 3. The molecule has 2 amide bonds. The highest BCUT2D eigenvalue weighted by atomic mass is 16.5. The minimum Gasteiger partial charge on any atom is -0.466 e. The Kier molecular flexibility index (Phi) is 4.02. The molecule has 1 aliphatic rings. The number of ether oxygens (including phenoxy) is 1. The highest BCUT2D eigenvalue weighted by Crippen LogP contribution is 2.33. The molecule has 0 fully saturated rings. The number of hydrogen-bond donors (Lipinski definition) is 2. The van der Waals surface area contributed by atoms with Crippen LogP contribution in [0.4, 0.5) is 5.69 Å². The number of amides is 2. The first-order valence-electron chi connectivity index (χ1n) is 7.51. The van der Waals surface area contributed by atoms with Crippen molar-refractivity contribution in [3.05, 3.63) is 60.2 Å². The maximum atomic E-state index is 12.4. The normalized spacial score (nSPS) is 19.3. The van der Waals surface area contributed by atoms with E-state index in [1.54, 1.807) is 24.3 Å². The molecule has 0 aromatic heterocycles. The number of benzene rings is 2. The lowest BCUT2D eigenvalue weighted by atomic mass is 10.0. The Bertz CT molecular complexity index is 730. The Morgan fingerprint density at radius 1 is 1.13 bits per heavy atom. The summed E-state index contributed by atoms with van der Waals surface area (Å²) < 4.78 is 5.67. The molecule has 1 heterocycles. The van der Waals surface area contributed by atoms with E-state index in [0.717, 1.165) is 5.56 Å². The van der Waals surface area contributed by atoms with Gasteiger partial charge in [0.15, 0.2) is 0 Å². The summed E-state index contributed by atoms with van der Waals surface area (Å²) in [7, 11) is 0. The van der Waals surface area contributed by atoms with E-state index in [9.17, 15) is 9.59 Å². The maximum absolute atomic E-state index is 12.4. The van der Waals surface area contributed by atoms with Gasteiger partial charge in [0.1, 0.15) is 5.75 Å². The molecule has 0 spiro atoms. The van der Waals surface area contributed by atoms with Gasteiger partial charge in [-0.25, -0.2) is 0 Å². The number of rotatable bonds is 4. The summed E-state index contributed by atoms with van der Waals surface area (Å²) in [5.41, 5.74) is 0.134. The van der Waals surface area contributed by atoms with Gasteiger partial charge in [-0.15, -0.1) is 0 Å². The van der Waals surface area contributed by atoms with E-state index in [2.05, 4.69) is 10.6 Å². The highest BCUT2D eigenvalue weighted by molar-refractivity contribution is 6.15. The zero-order valence-electron chi connectivity index (χ0n) is 12.8. The van der Waals surface area contributed by atoms with Crippen molar-refractivity contribution in [1.82, 2.24) is 5.32 Å². The molecule has 1 unspecified atom stereocenters. The van der Waals surface area contributed by atoms with Crippen molar-refractivity contribution in [2.75, 3.05) is 11.9 Å². The Labute approximate surface area is 134 Å². The van der Waals surface area contributed by atoms with Crippen LogP contribution in [0.3, 0.4) is 0 Å². The van der Waals surface area contributed by atoms with Crippen LogP contribution in [0.1, 0.15) is 12.5 Å². The van der Waals surface area contributed by atoms with Crippen LogP contribution in [0.15, 0.2) is 54.6 Å². The average molecular weight is 310 g/mol. The van der Waals surface area contributed by atoms with Gasteiger partial charge in [0, 0.05) is 6.54 Å². The number of anilines is 1. The predicted octanol–water partition coefficient (Wildman–Crippen LogP) is 2.14. The van der Waals surface area contributed by atoms with Gasteiger partial charge in [0.05, 0.1) is 5.69 Å². The van der Waals surface area contributed by atoms with Crippen LogP contribution in [-0.4, -0.2) is 24.0 Å². The summed E-state index contributed by atoms with van der Waals surface area (Å²) in [6, 6.07) is 16.9. The van der Waals surface area contributed by atoms with Crippen molar-refractivity contribution in [1.29, 1.82) is 0 Å². The van der Waals surface area contributed by atoms with Crippen LogP contribution in [0.5, 0.6) is 5.75 Å². The first-order chi connectivity index (χ1) is 11.1. The molecule has 5 heteroatoms. The van der Waals surface area contributed by atoms with Gasteiger partial charge in [-0.2, -0.15) is 0 Å². The lowest BCUT2D eigenvalue weighted by molar-refractivity contribution is -0.146. The molecule has 23 heavy (non-hydrogen) atoms. The molecule has 1 aliphatic heterocycles. The third-order valence-electron chi connectivity index (χ3n) is 3.86. The molecule has 0 saturated heterocycles. The Morgan fingerprint density at radius 3 is 2.61 bits per heavy atom. The summed E-state index contributed by atoms with van der Waals surface area (Å²) in [4.78, 5) is 24.7. The van der Waals surface area contributed by atoms with E-state index in [1.807, 2.05) is 30.3 Å². The van der Waals surface area contributed by atoms with Gasteiger partial charge in [-0.05, 0) is 31.0 Å². The van der Waals surface area contributed by atoms with Crippen LogP contribution in [0, 0.1) is 0 Å². The molecule has 2 N–H and O–H groups in total. The molecular weight excluding hydrogens is 292 g/mol. The third kappa shape index (κ3) is 3.04. The standard InChI is InChI=1S/C18H18N2O3/c1-18(16(21)19-12-11-13-7-3-2-4-8-13)17(22)20-14-9-5-6-10-15(14)23-18/h2-10H,11-12H2,1H3,(H,19,21)(H,20,22). The second-order valence-electron chi connectivity index (χ2n) is 5.58. The number of carbonyl (C=O) groups is 2. The smallest absolute Gasteiger partial charge is 0.278 e. The first-order valence-corrected chi connectivity index (χ1v) is 7.51. The molecule has 2 aromatic carbocycles. The molecule has 0 radical (unpaired) electrons. The van der Waals surface area contributed by atoms with Crippen molar-refractivity contribution in [3.63, 3.8) is 0 Å². The summed E-state index contributed by atoms with van der Waals surface area (Å²) in [5, 5.41) is 5.49. The van der Waals surface area contributed by atoms with Crippen LogP contribution < -0.4 is 15.4 Å². The largest absolute Gasteiger partial charge is 0.466 e. The topological polar surface area (TPSA) is 67.4 Å². The fourth-order valence-corrected chi connectivity index (χ4v) is 2.45. The Hall–Kier alpha value is -2.82. The SMILES string of the molecule is CC1(C(=O)NCCc2ccccc2)Oc2ccccc2NC1=O. The van der Waals surface area contributed by atoms with Crippen LogP contribution in [0.25, 0.3) is 0 Å². The first kappa shape index (κ1) is 15.1. The zero-order chi connectivity index (χ0) is 16.3. The van der Waals surface area contributed by atoms with Crippen molar-refractivity contribution in [2.24, 2.45) is 0 Å². The van der Waals surface area contributed by atoms with Gasteiger partial charge >= 0.3 is 0 Å². The lowest BCUT2D eigenvalue weighted by Crippen LogP contribution is -2.58. The molecular formula is C18H18N2O3. The molecule has 5 nitrogen and oxygen atoms in total. The number of nitrogens with one attached hydrogen (secondary N) is 2. The Balaban J connectivity index is 1.65. The number of fused-ring (bicyclic) bond motifs is 1. The van der Waals surface area contributed by atoms with Crippen molar-refractivity contribution >= 4 is 17.5 Å². The molecule has 0 bridgehead atoms. The molecule has 3 rings (SSSR count). The average Bonchev–Trinajstić information content (AvgIpc) is 2.57. The third-order valence-corrected chi connectivity index (χ3v) is 3.86. The van der Waals surface area contributed by atoms with Gasteiger partial charge in [0.2, 0.25) is 0 Å². The fourth-order valence-electron chi connectivity index (χ4n) is 2.45. The van der Waals surface area contributed by atoms with Gasteiger partial charge in [-0.1, -0.05) is 42.5 Å². The summed E-state index contributed by atoms with van der Waals surface area (Å²) in [6.45, 7) is 1.92. The van der Waals surface area contributed by atoms with E-state index in [4.69, 9.17) is 4.74 Å². The quantitative estimate of drug-likeness (QED) is 0.850. The number of para-hydroxylation sites is 2. The van der Waals surface area contributed by atoms with Gasteiger partial charge < -0.3 is 15.4 Å². The molecule has 0 saturated carbocycles. The lowest BCUT2D eigenvalue weighted by Gasteiger charge is -2.33. The van der Waals surface area contributed by atoms with Crippen LogP contribution in [-0.2, 0) is 16.0 Å². The van der Waals surface area contributed by atoms with Crippen molar-refractivity contribution < 1.29 is 14.3 Å². The fraction of sp³-hybridized carbons (Fsp3) is 0.222.